The summed E-state index contributed by atoms with van der Waals surface area (Å²) in [6.45, 7) is 1.87. The zero-order valence-electron chi connectivity index (χ0n) is 8.49. The number of aliphatic carboxylic acids is 1. The van der Waals surface area contributed by atoms with Gasteiger partial charge in [-0.3, -0.25) is 9.59 Å². The molecule has 1 saturated heterocycles. The highest BCUT2D eigenvalue weighted by atomic mass is 35.5. The summed E-state index contributed by atoms with van der Waals surface area (Å²) < 4.78 is 0.609. The van der Waals surface area contributed by atoms with Crippen LogP contribution >= 0.6 is 22.9 Å². The van der Waals surface area contributed by atoms with Crippen LogP contribution in [0.2, 0.25) is 4.34 Å². The van der Waals surface area contributed by atoms with E-state index in [-0.39, 0.29) is 12.3 Å². The van der Waals surface area contributed by atoms with Gasteiger partial charge in [0.2, 0.25) is 5.91 Å². The number of amides is 1. The first-order chi connectivity index (χ1) is 7.49. The third kappa shape index (κ3) is 1.92. The number of thiophene rings is 1. The molecule has 6 heteroatoms. The first-order valence-electron chi connectivity index (χ1n) is 4.77. The lowest BCUT2D eigenvalue weighted by Gasteiger charge is -2.14. The summed E-state index contributed by atoms with van der Waals surface area (Å²) in [4.78, 5) is 23.2. The number of carbonyl (C=O) groups is 2. The first kappa shape index (κ1) is 11.4. The van der Waals surface area contributed by atoms with Gasteiger partial charge in [0.1, 0.15) is 0 Å². The van der Waals surface area contributed by atoms with Gasteiger partial charge >= 0.3 is 5.97 Å². The Hall–Kier alpha value is -1.07. The van der Waals surface area contributed by atoms with Gasteiger partial charge in [0, 0.05) is 11.3 Å². The van der Waals surface area contributed by atoms with Gasteiger partial charge in [-0.05, 0) is 18.6 Å². The van der Waals surface area contributed by atoms with Gasteiger partial charge in [-0.25, -0.2) is 0 Å². The van der Waals surface area contributed by atoms with Crippen LogP contribution in [-0.2, 0) is 9.59 Å². The van der Waals surface area contributed by atoms with Gasteiger partial charge in [-0.2, -0.15) is 0 Å². The van der Waals surface area contributed by atoms with Crippen LogP contribution < -0.4 is 5.32 Å². The zero-order chi connectivity index (χ0) is 11.9. The number of carbonyl (C=O) groups excluding carboxylic acids is 1. The van der Waals surface area contributed by atoms with Crippen LogP contribution in [0.3, 0.4) is 0 Å². The second kappa shape index (κ2) is 4.07. The molecule has 2 unspecified atom stereocenters. The van der Waals surface area contributed by atoms with Crippen molar-refractivity contribution in [2.75, 3.05) is 0 Å². The summed E-state index contributed by atoms with van der Waals surface area (Å²) >= 11 is 7.26. The molecule has 2 rings (SSSR count). The number of hydrogen-bond acceptors (Lipinski definition) is 3. The average molecular weight is 260 g/mol. The number of aryl methyl sites for hydroxylation is 1. The van der Waals surface area contributed by atoms with Crippen LogP contribution in [0.5, 0.6) is 0 Å². The van der Waals surface area contributed by atoms with Gasteiger partial charge in [0.25, 0.3) is 0 Å². The lowest BCUT2D eigenvalue weighted by atomic mass is 9.95. The lowest BCUT2D eigenvalue weighted by Crippen LogP contribution is -2.24. The van der Waals surface area contributed by atoms with E-state index in [9.17, 15) is 9.59 Å². The van der Waals surface area contributed by atoms with Gasteiger partial charge in [-0.1, -0.05) is 11.6 Å². The van der Waals surface area contributed by atoms with E-state index in [2.05, 4.69) is 5.32 Å². The third-order valence-electron chi connectivity index (χ3n) is 2.70. The van der Waals surface area contributed by atoms with E-state index in [4.69, 9.17) is 16.7 Å². The fourth-order valence-corrected chi connectivity index (χ4v) is 3.19. The molecule has 86 valence electrons. The van der Waals surface area contributed by atoms with E-state index in [1.165, 1.54) is 11.3 Å². The Bertz CT molecular complexity index is 457. The molecule has 0 bridgehead atoms. The molecule has 2 heterocycles. The Morgan fingerprint density at radius 2 is 2.38 bits per heavy atom. The van der Waals surface area contributed by atoms with Gasteiger partial charge in [-0.15, -0.1) is 11.3 Å². The van der Waals surface area contributed by atoms with Gasteiger partial charge in [0.15, 0.2) is 0 Å². The first-order valence-corrected chi connectivity index (χ1v) is 5.96. The van der Waals surface area contributed by atoms with Crippen LogP contribution in [0.15, 0.2) is 6.07 Å². The fourth-order valence-electron chi connectivity index (χ4n) is 1.94. The molecule has 1 aromatic rings. The molecule has 1 aromatic heterocycles. The maximum atomic E-state index is 11.3. The Morgan fingerprint density at radius 1 is 1.69 bits per heavy atom. The topological polar surface area (TPSA) is 66.4 Å². The Labute approximate surface area is 101 Å². The summed E-state index contributed by atoms with van der Waals surface area (Å²) in [6.07, 6.45) is 0.0346. The molecule has 1 fully saturated rings. The van der Waals surface area contributed by atoms with Crippen molar-refractivity contribution in [3.05, 3.63) is 20.8 Å². The maximum Gasteiger partial charge on any atom is 0.309 e. The molecule has 0 radical (unpaired) electrons. The lowest BCUT2D eigenvalue weighted by molar-refractivity contribution is -0.142. The minimum absolute atomic E-state index is 0.0346. The van der Waals surface area contributed by atoms with Gasteiger partial charge < -0.3 is 10.4 Å². The van der Waals surface area contributed by atoms with Crippen molar-refractivity contribution in [1.82, 2.24) is 5.32 Å². The van der Waals surface area contributed by atoms with Crippen LogP contribution in [0.25, 0.3) is 0 Å². The van der Waals surface area contributed by atoms with Crippen LogP contribution in [-0.4, -0.2) is 17.0 Å². The molecule has 1 aliphatic heterocycles. The minimum atomic E-state index is -0.954. The van der Waals surface area contributed by atoms with Crippen LogP contribution in [0.4, 0.5) is 0 Å². The monoisotopic (exact) mass is 259 g/mol. The summed E-state index contributed by atoms with van der Waals surface area (Å²) in [5, 5.41) is 11.7. The highest BCUT2D eigenvalue weighted by Gasteiger charge is 2.39. The number of nitrogens with one attached hydrogen (secondary N) is 1. The van der Waals surface area contributed by atoms with E-state index in [0.29, 0.717) is 4.34 Å². The number of carboxylic acid groups (broad SMARTS) is 1. The molecule has 0 saturated carbocycles. The van der Waals surface area contributed by atoms with Gasteiger partial charge in [0.05, 0.1) is 16.3 Å². The second-order valence-corrected chi connectivity index (χ2v) is 5.64. The molecule has 2 atom stereocenters. The predicted octanol–water partition coefficient (Wildman–Crippen LogP) is 1.97. The number of carboxylic acids is 1. The standard InChI is InChI=1S/C10H10ClNO3S/c1-4-5(2-7(11)16-4)9-6(10(14)15)3-8(13)12-9/h2,6,9H,3H2,1H3,(H,12,13)(H,14,15). The minimum Gasteiger partial charge on any atom is -0.481 e. The van der Waals surface area contributed by atoms with Crippen molar-refractivity contribution in [1.29, 1.82) is 0 Å². The molecule has 1 amide bonds. The van der Waals surface area contributed by atoms with Crippen molar-refractivity contribution < 1.29 is 14.7 Å². The summed E-state index contributed by atoms with van der Waals surface area (Å²) in [6, 6.07) is 1.28. The Kier molecular flexibility index (Phi) is 2.90. The summed E-state index contributed by atoms with van der Waals surface area (Å²) in [5.41, 5.74) is 0.813. The molecule has 0 aromatic carbocycles. The molecule has 0 spiro atoms. The van der Waals surface area contributed by atoms with Crippen molar-refractivity contribution in [3.63, 3.8) is 0 Å². The summed E-state index contributed by atoms with van der Waals surface area (Å²) in [7, 11) is 0. The van der Waals surface area contributed by atoms with E-state index < -0.39 is 17.9 Å². The van der Waals surface area contributed by atoms with Crippen molar-refractivity contribution >= 4 is 34.8 Å². The fraction of sp³-hybridized carbons (Fsp3) is 0.400. The van der Waals surface area contributed by atoms with E-state index in [0.717, 1.165) is 10.4 Å². The molecular formula is C10H10ClNO3S. The summed E-state index contributed by atoms with van der Waals surface area (Å²) in [5.74, 6) is -1.87. The Balaban J connectivity index is 2.35. The van der Waals surface area contributed by atoms with E-state index >= 15 is 0 Å². The Morgan fingerprint density at radius 3 is 2.88 bits per heavy atom. The number of halogens is 1. The predicted molar refractivity (Wildman–Crippen MR) is 60.7 cm³/mol. The number of hydrogen-bond donors (Lipinski definition) is 2. The molecular weight excluding hydrogens is 250 g/mol. The largest absolute Gasteiger partial charge is 0.481 e. The average Bonchev–Trinajstić information content (AvgIpc) is 2.69. The normalized spacial score (nSPS) is 24.5. The maximum absolute atomic E-state index is 11.3. The second-order valence-electron chi connectivity index (χ2n) is 3.76. The van der Waals surface area contributed by atoms with E-state index in [1.54, 1.807) is 6.07 Å². The van der Waals surface area contributed by atoms with Crippen molar-refractivity contribution in [2.24, 2.45) is 5.92 Å². The van der Waals surface area contributed by atoms with Crippen LogP contribution in [0, 0.1) is 12.8 Å². The third-order valence-corrected chi connectivity index (χ3v) is 3.90. The highest BCUT2D eigenvalue weighted by Crippen LogP contribution is 2.37. The quantitative estimate of drug-likeness (QED) is 0.853. The van der Waals surface area contributed by atoms with Crippen molar-refractivity contribution in [2.45, 2.75) is 19.4 Å². The smallest absolute Gasteiger partial charge is 0.309 e. The molecule has 4 nitrogen and oxygen atoms in total. The zero-order valence-corrected chi connectivity index (χ0v) is 10.1. The molecule has 2 N–H and O–H groups in total. The van der Waals surface area contributed by atoms with Crippen molar-refractivity contribution in [3.8, 4) is 0 Å². The number of rotatable bonds is 2. The highest BCUT2D eigenvalue weighted by molar-refractivity contribution is 7.16. The molecule has 0 aliphatic carbocycles. The molecule has 1 aliphatic rings. The SMILES string of the molecule is Cc1sc(Cl)cc1C1NC(=O)CC1C(=O)O. The molecule has 16 heavy (non-hydrogen) atoms. The van der Waals surface area contributed by atoms with Crippen LogP contribution in [0.1, 0.15) is 22.9 Å². The van der Waals surface area contributed by atoms with E-state index in [1.807, 2.05) is 6.92 Å².